The van der Waals surface area contributed by atoms with E-state index in [4.69, 9.17) is 12.2 Å². The van der Waals surface area contributed by atoms with Crippen molar-refractivity contribution in [1.82, 2.24) is 0 Å². The number of nitrogens with two attached hydrogens (primary N) is 1. The first kappa shape index (κ1) is 9.26. The second kappa shape index (κ2) is 3.83. The van der Waals surface area contributed by atoms with Crippen LogP contribution in [0.15, 0.2) is 29.6 Å². The summed E-state index contributed by atoms with van der Waals surface area (Å²) in [5.41, 5.74) is 7.15. The van der Waals surface area contributed by atoms with Crippen LogP contribution in [-0.2, 0) is 0 Å². The summed E-state index contributed by atoms with van der Waals surface area (Å²) in [5.74, 6) is 2.60. The van der Waals surface area contributed by atoms with Crippen LogP contribution in [0.25, 0.3) is 10.1 Å². The monoisotopic (exact) mass is 201 g/mol. The zero-order chi connectivity index (χ0) is 9.97. The van der Waals surface area contributed by atoms with Crippen molar-refractivity contribution >= 4 is 21.4 Å². The Balaban J connectivity index is 2.48. The van der Waals surface area contributed by atoms with Crippen LogP contribution in [0, 0.1) is 12.3 Å². The summed E-state index contributed by atoms with van der Waals surface area (Å²) in [6, 6.07) is 8.23. The van der Waals surface area contributed by atoms with Crippen molar-refractivity contribution in [1.29, 1.82) is 0 Å². The third-order valence-electron chi connectivity index (χ3n) is 2.25. The molecule has 1 aromatic carbocycles. The van der Waals surface area contributed by atoms with Crippen molar-refractivity contribution in [2.75, 3.05) is 0 Å². The normalized spacial score (nSPS) is 12.6. The van der Waals surface area contributed by atoms with Gasteiger partial charge >= 0.3 is 0 Å². The molecule has 0 spiro atoms. The Hall–Kier alpha value is -1.30. The van der Waals surface area contributed by atoms with Crippen molar-refractivity contribution in [2.24, 2.45) is 5.73 Å². The molecule has 70 valence electrons. The zero-order valence-corrected chi connectivity index (χ0v) is 8.55. The Morgan fingerprint density at radius 1 is 1.43 bits per heavy atom. The van der Waals surface area contributed by atoms with Crippen molar-refractivity contribution in [2.45, 2.75) is 12.5 Å². The highest BCUT2D eigenvalue weighted by atomic mass is 32.1. The summed E-state index contributed by atoms with van der Waals surface area (Å²) in [5, 5.41) is 3.34. The third kappa shape index (κ3) is 1.52. The van der Waals surface area contributed by atoms with Gasteiger partial charge in [-0.25, -0.2) is 0 Å². The largest absolute Gasteiger partial charge is 0.323 e. The van der Waals surface area contributed by atoms with Gasteiger partial charge in [-0.2, -0.15) is 0 Å². The van der Waals surface area contributed by atoms with Crippen molar-refractivity contribution in [3.63, 3.8) is 0 Å². The van der Waals surface area contributed by atoms with E-state index in [0.29, 0.717) is 6.42 Å². The molecule has 0 radical (unpaired) electrons. The molecule has 2 rings (SSSR count). The van der Waals surface area contributed by atoms with Crippen LogP contribution in [-0.4, -0.2) is 0 Å². The minimum absolute atomic E-state index is 0.0313. The van der Waals surface area contributed by atoms with Crippen LogP contribution >= 0.6 is 11.3 Å². The maximum absolute atomic E-state index is 5.98. The zero-order valence-electron chi connectivity index (χ0n) is 7.73. The maximum Gasteiger partial charge on any atom is 0.0420 e. The quantitative estimate of drug-likeness (QED) is 0.743. The van der Waals surface area contributed by atoms with Gasteiger partial charge in [-0.15, -0.1) is 23.7 Å². The van der Waals surface area contributed by atoms with E-state index in [1.165, 1.54) is 15.6 Å². The van der Waals surface area contributed by atoms with E-state index >= 15 is 0 Å². The fourth-order valence-corrected chi connectivity index (χ4v) is 2.55. The van der Waals surface area contributed by atoms with E-state index in [1.807, 2.05) is 12.1 Å². The molecule has 2 heteroatoms. The Morgan fingerprint density at radius 2 is 2.21 bits per heavy atom. The summed E-state index contributed by atoms with van der Waals surface area (Å²) in [4.78, 5) is 0. The lowest BCUT2D eigenvalue weighted by Crippen LogP contribution is -2.08. The van der Waals surface area contributed by atoms with Crippen LogP contribution in [0.5, 0.6) is 0 Å². The summed E-state index contributed by atoms with van der Waals surface area (Å²) in [6.45, 7) is 0. The van der Waals surface area contributed by atoms with Crippen LogP contribution in [0.2, 0.25) is 0 Å². The molecule has 0 saturated carbocycles. The van der Waals surface area contributed by atoms with Gasteiger partial charge in [-0.3, -0.25) is 0 Å². The molecular formula is C12H11NS. The van der Waals surface area contributed by atoms with Crippen LogP contribution < -0.4 is 5.73 Å². The second-order valence-corrected chi connectivity index (χ2v) is 4.11. The predicted octanol–water partition coefficient (Wildman–Crippen LogP) is 2.92. The summed E-state index contributed by atoms with van der Waals surface area (Å²) < 4.78 is 1.27. The molecule has 0 aliphatic carbocycles. The molecule has 1 heterocycles. The van der Waals surface area contributed by atoms with Gasteiger partial charge in [0.25, 0.3) is 0 Å². The van der Waals surface area contributed by atoms with E-state index in [0.717, 1.165) is 0 Å². The van der Waals surface area contributed by atoms with Crippen LogP contribution in [0.1, 0.15) is 18.0 Å². The highest BCUT2D eigenvalue weighted by Gasteiger charge is 2.09. The third-order valence-corrected chi connectivity index (χ3v) is 3.23. The number of thiophene rings is 1. The number of hydrogen-bond donors (Lipinski definition) is 1. The molecule has 0 fully saturated rings. The van der Waals surface area contributed by atoms with Gasteiger partial charge in [0, 0.05) is 17.2 Å². The van der Waals surface area contributed by atoms with Gasteiger partial charge in [0.2, 0.25) is 0 Å². The van der Waals surface area contributed by atoms with Gasteiger partial charge < -0.3 is 5.73 Å². The Kier molecular flexibility index (Phi) is 2.53. The van der Waals surface area contributed by atoms with E-state index in [9.17, 15) is 0 Å². The summed E-state index contributed by atoms with van der Waals surface area (Å²) in [6.07, 6.45) is 5.85. The molecular weight excluding hydrogens is 190 g/mol. The molecule has 0 aliphatic heterocycles. The molecule has 1 atom stereocenters. The fraction of sp³-hybridized carbons (Fsp3) is 0.167. The topological polar surface area (TPSA) is 26.0 Å². The minimum Gasteiger partial charge on any atom is -0.323 e. The van der Waals surface area contributed by atoms with E-state index in [2.05, 4.69) is 23.4 Å². The van der Waals surface area contributed by atoms with E-state index in [1.54, 1.807) is 11.3 Å². The Bertz CT molecular complexity index is 478. The van der Waals surface area contributed by atoms with Gasteiger partial charge in [0.15, 0.2) is 0 Å². The standard InChI is InChI=1S/C12H11NS/c1-2-5-11(13)10-8-14-12-7-4-3-6-9(10)12/h1,3-4,6-8,11H,5,13H2. The first-order chi connectivity index (χ1) is 6.83. The van der Waals surface area contributed by atoms with Crippen molar-refractivity contribution < 1.29 is 0 Å². The van der Waals surface area contributed by atoms with Gasteiger partial charge in [0.05, 0.1) is 0 Å². The highest BCUT2D eigenvalue weighted by Crippen LogP contribution is 2.30. The fourth-order valence-electron chi connectivity index (χ4n) is 1.52. The highest BCUT2D eigenvalue weighted by molar-refractivity contribution is 7.17. The van der Waals surface area contributed by atoms with E-state index in [-0.39, 0.29) is 6.04 Å². The van der Waals surface area contributed by atoms with Crippen LogP contribution in [0.4, 0.5) is 0 Å². The smallest absolute Gasteiger partial charge is 0.0420 e. The number of rotatable bonds is 2. The maximum atomic E-state index is 5.98. The average Bonchev–Trinajstić information content (AvgIpc) is 2.61. The second-order valence-electron chi connectivity index (χ2n) is 3.20. The van der Waals surface area contributed by atoms with Crippen molar-refractivity contribution in [3.8, 4) is 12.3 Å². The molecule has 2 N–H and O–H groups in total. The number of terminal acetylenes is 1. The number of benzene rings is 1. The average molecular weight is 201 g/mol. The number of hydrogen-bond acceptors (Lipinski definition) is 2. The molecule has 0 aliphatic rings. The lowest BCUT2D eigenvalue weighted by Gasteiger charge is -2.05. The first-order valence-corrected chi connectivity index (χ1v) is 5.36. The molecule has 2 aromatic rings. The molecule has 1 nitrogen and oxygen atoms in total. The summed E-state index contributed by atoms with van der Waals surface area (Å²) >= 11 is 1.72. The van der Waals surface area contributed by atoms with Gasteiger partial charge in [-0.05, 0) is 22.4 Å². The summed E-state index contributed by atoms with van der Waals surface area (Å²) in [7, 11) is 0. The van der Waals surface area contributed by atoms with Crippen molar-refractivity contribution in [3.05, 3.63) is 35.2 Å². The van der Waals surface area contributed by atoms with Crippen LogP contribution in [0.3, 0.4) is 0 Å². The first-order valence-electron chi connectivity index (χ1n) is 4.48. The molecule has 14 heavy (non-hydrogen) atoms. The molecule has 1 aromatic heterocycles. The molecule has 0 saturated heterocycles. The van der Waals surface area contributed by atoms with Gasteiger partial charge in [-0.1, -0.05) is 18.2 Å². The number of fused-ring (bicyclic) bond motifs is 1. The molecule has 0 amide bonds. The van der Waals surface area contributed by atoms with Gasteiger partial charge in [0.1, 0.15) is 0 Å². The predicted molar refractivity (Wildman–Crippen MR) is 62.2 cm³/mol. The SMILES string of the molecule is C#CCC(N)c1csc2ccccc12. The molecule has 1 unspecified atom stereocenters. The Morgan fingerprint density at radius 3 is 3.00 bits per heavy atom. The van der Waals surface area contributed by atoms with E-state index < -0.39 is 0 Å². The minimum atomic E-state index is -0.0313. The lowest BCUT2D eigenvalue weighted by molar-refractivity contribution is 0.764. The molecule has 0 bridgehead atoms. The Labute approximate surface area is 87.6 Å². The lowest BCUT2D eigenvalue weighted by atomic mass is 10.0.